The Hall–Kier alpha value is -2.21. The maximum Gasteiger partial charge on any atom is 0.416 e. The molecule has 2 rings (SSSR count). The number of hydrogen-bond donors (Lipinski definition) is 2. The van der Waals surface area contributed by atoms with Crippen LogP contribution in [-0.4, -0.2) is 11.0 Å². The highest BCUT2D eigenvalue weighted by Crippen LogP contribution is 2.31. The van der Waals surface area contributed by atoms with E-state index in [1.807, 2.05) is 0 Å². The highest BCUT2D eigenvalue weighted by molar-refractivity contribution is 6.34. The fourth-order valence-electron chi connectivity index (χ4n) is 1.66. The number of phenols is 1. The summed E-state index contributed by atoms with van der Waals surface area (Å²) in [6.45, 7) is 0. The largest absolute Gasteiger partial charge is 0.508 e. The first-order valence-electron chi connectivity index (χ1n) is 5.74. The van der Waals surface area contributed by atoms with E-state index >= 15 is 0 Å². The Kier molecular flexibility index (Phi) is 4.09. The van der Waals surface area contributed by atoms with Crippen molar-refractivity contribution in [3.05, 3.63) is 58.6 Å². The molecule has 7 heteroatoms. The molecule has 0 aliphatic rings. The van der Waals surface area contributed by atoms with Gasteiger partial charge in [0.15, 0.2) is 0 Å². The molecule has 0 heterocycles. The van der Waals surface area contributed by atoms with Crippen molar-refractivity contribution in [2.45, 2.75) is 6.18 Å². The second-order valence-corrected chi connectivity index (χ2v) is 4.60. The summed E-state index contributed by atoms with van der Waals surface area (Å²) in [6, 6.07) is 7.96. The van der Waals surface area contributed by atoms with Crippen LogP contribution in [0.2, 0.25) is 5.02 Å². The van der Waals surface area contributed by atoms with Gasteiger partial charge in [0.05, 0.1) is 16.1 Å². The van der Waals surface area contributed by atoms with Crippen molar-refractivity contribution in [2.24, 2.45) is 0 Å². The summed E-state index contributed by atoms with van der Waals surface area (Å²) in [5.41, 5.74) is -0.925. The van der Waals surface area contributed by atoms with Gasteiger partial charge in [-0.25, -0.2) is 0 Å². The molecule has 0 aliphatic carbocycles. The third-order valence-electron chi connectivity index (χ3n) is 2.64. The molecule has 2 aromatic carbocycles. The number of carbonyl (C=O) groups excluding carboxylic acids is 1. The van der Waals surface area contributed by atoms with Gasteiger partial charge >= 0.3 is 6.18 Å². The molecule has 0 fully saturated rings. The average molecular weight is 316 g/mol. The van der Waals surface area contributed by atoms with Gasteiger partial charge in [-0.2, -0.15) is 13.2 Å². The summed E-state index contributed by atoms with van der Waals surface area (Å²) in [7, 11) is 0. The lowest BCUT2D eigenvalue weighted by Crippen LogP contribution is -2.13. The molecule has 3 nitrogen and oxygen atoms in total. The second kappa shape index (κ2) is 5.65. The van der Waals surface area contributed by atoms with E-state index in [2.05, 4.69) is 5.32 Å². The van der Waals surface area contributed by atoms with Gasteiger partial charge in [0.1, 0.15) is 5.75 Å². The highest BCUT2D eigenvalue weighted by Gasteiger charge is 2.30. The van der Waals surface area contributed by atoms with Crippen LogP contribution in [0.15, 0.2) is 42.5 Å². The van der Waals surface area contributed by atoms with E-state index in [9.17, 15) is 23.1 Å². The van der Waals surface area contributed by atoms with Gasteiger partial charge < -0.3 is 10.4 Å². The predicted octanol–water partition coefficient (Wildman–Crippen LogP) is 4.32. The number of carbonyl (C=O) groups is 1. The van der Waals surface area contributed by atoms with E-state index in [0.717, 1.165) is 18.2 Å². The zero-order chi connectivity index (χ0) is 15.6. The van der Waals surface area contributed by atoms with Gasteiger partial charge in [-0.1, -0.05) is 17.7 Å². The van der Waals surface area contributed by atoms with Gasteiger partial charge in [0.2, 0.25) is 0 Å². The molecule has 1 amide bonds. The summed E-state index contributed by atoms with van der Waals surface area (Å²) >= 11 is 5.81. The fraction of sp³-hybridized carbons (Fsp3) is 0.0714. The van der Waals surface area contributed by atoms with Crippen LogP contribution < -0.4 is 5.32 Å². The van der Waals surface area contributed by atoms with Crippen LogP contribution in [-0.2, 0) is 6.18 Å². The van der Waals surface area contributed by atoms with E-state index in [1.54, 1.807) is 0 Å². The number of nitrogens with one attached hydrogen (secondary N) is 1. The fourth-order valence-corrected chi connectivity index (χ4v) is 1.86. The Labute approximate surface area is 123 Å². The third kappa shape index (κ3) is 3.66. The van der Waals surface area contributed by atoms with E-state index in [0.29, 0.717) is 0 Å². The lowest BCUT2D eigenvalue weighted by Gasteiger charge is -2.10. The molecule has 0 atom stereocenters. The first-order chi connectivity index (χ1) is 9.77. The number of phenolic OH excluding ortho intramolecular Hbond substituents is 1. The number of hydrogen-bond acceptors (Lipinski definition) is 2. The summed E-state index contributed by atoms with van der Waals surface area (Å²) in [5.74, 6) is -0.885. The summed E-state index contributed by atoms with van der Waals surface area (Å²) in [4.78, 5) is 12.0. The zero-order valence-corrected chi connectivity index (χ0v) is 11.2. The molecule has 0 saturated carbocycles. The smallest absolute Gasteiger partial charge is 0.416 e. The lowest BCUT2D eigenvalue weighted by atomic mass is 10.1. The quantitative estimate of drug-likeness (QED) is 0.867. The minimum absolute atomic E-state index is 0.0192. The maximum absolute atomic E-state index is 12.6. The SMILES string of the molecule is O=C(Nc1cccc(C(F)(F)F)c1)c1cc(O)ccc1Cl. The van der Waals surface area contributed by atoms with Crippen LogP contribution in [0.5, 0.6) is 5.75 Å². The summed E-state index contributed by atoms with van der Waals surface area (Å²) in [6.07, 6.45) is -4.50. The molecule has 2 aromatic rings. The Bertz CT molecular complexity index is 686. The first-order valence-corrected chi connectivity index (χ1v) is 6.12. The van der Waals surface area contributed by atoms with Gasteiger partial charge in [-0.05, 0) is 36.4 Å². The molecule has 0 radical (unpaired) electrons. The molecule has 0 aromatic heterocycles. The molecule has 0 unspecified atom stereocenters. The molecule has 0 bridgehead atoms. The van der Waals surface area contributed by atoms with Crippen molar-refractivity contribution in [3.63, 3.8) is 0 Å². The van der Waals surface area contributed by atoms with Crippen LogP contribution in [0.1, 0.15) is 15.9 Å². The van der Waals surface area contributed by atoms with Crippen LogP contribution >= 0.6 is 11.6 Å². The minimum Gasteiger partial charge on any atom is -0.508 e. The van der Waals surface area contributed by atoms with Crippen molar-refractivity contribution in [3.8, 4) is 5.75 Å². The number of alkyl halides is 3. The van der Waals surface area contributed by atoms with E-state index < -0.39 is 17.6 Å². The van der Waals surface area contributed by atoms with Crippen LogP contribution in [0.4, 0.5) is 18.9 Å². The minimum atomic E-state index is -4.50. The highest BCUT2D eigenvalue weighted by atomic mass is 35.5. The Morgan fingerprint density at radius 2 is 1.86 bits per heavy atom. The normalized spacial score (nSPS) is 11.2. The molecule has 0 saturated heterocycles. The first kappa shape index (κ1) is 15.2. The van der Waals surface area contributed by atoms with Gasteiger partial charge in [-0.15, -0.1) is 0 Å². The van der Waals surface area contributed by atoms with Crippen molar-refractivity contribution in [1.82, 2.24) is 0 Å². The van der Waals surface area contributed by atoms with Crippen molar-refractivity contribution < 1.29 is 23.1 Å². The Morgan fingerprint density at radius 3 is 2.52 bits per heavy atom. The van der Waals surface area contributed by atoms with Crippen LogP contribution in [0.25, 0.3) is 0 Å². The molecular formula is C14H9ClF3NO2. The van der Waals surface area contributed by atoms with Crippen molar-refractivity contribution >= 4 is 23.2 Å². The zero-order valence-electron chi connectivity index (χ0n) is 10.4. The monoisotopic (exact) mass is 315 g/mol. The Balaban J connectivity index is 2.26. The number of aromatic hydroxyl groups is 1. The number of benzene rings is 2. The molecule has 0 spiro atoms. The molecule has 2 N–H and O–H groups in total. The molecular weight excluding hydrogens is 307 g/mol. The van der Waals surface area contributed by atoms with Gasteiger partial charge in [-0.3, -0.25) is 4.79 Å². The van der Waals surface area contributed by atoms with Crippen molar-refractivity contribution in [2.75, 3.05) is 5.32 Å². The standard InChI is InChI=1S/C14H9ClF3NO2/c15-12-5-4-10(20)7-11(12)13(21)19-9-3-1-2-8(6-9)14(16,17)18/h1-7,20H,(H,19,21). The van der Waals surface area contributed by atoms with Crippen molar-refractivity contribution in [1.29, 1.82) is 0 Å². The number of rotatable bonds is 2. The van der Waals surface area contributed by atoms with E-state index in [1.165, 1.54) is 24.3 Å². The number of anilines is 1. The van der Waals surface area contributed by atoms with Crippen LogP contribution in [0.3, 0.4) is 0 Å². The number of amides is 1. The topological polar surface area (TPSA) is 49.3 Å². The van der Waals surface area contributed by atoms with Gasteiger partial charge in [0.25, 0.3) is 5.91 Å². The average Bonchev–Trinajstić information content (AvgIpc) is 2.41. The van der Waals surface area contributed by atoms with Gasteiger partial charge in [0, 0.05) is 5.69 Å². The van der Waals surface area contributed by atoms with Crippen LogP contribution in [0, 0.1) is 0 Å². The van der Waals surface area contributed by atoms with E-state index in [-0.39, 0.29) is 22.0 Å². The second-order valence-electron chi connectivity index (χ2n) is 4.20. The Morgan fingerprint density at radius 1 is 1.14 bits per heavy atom. The maximum atomic E-state index is 12.6. The van der Waals surface area contributed by atoms with E-state index in [4.69, 9.17) is 11.6 Å². The predicted molar refractivity (Wildman–Crippen MR) is 72.5 cm³/mol. The molecule has 21 heavy (non-hydrogen) atoms. The molecule has 0 aliphatic heterocycles. The third-order valence-corrected chi connectivity index (χ3v) is 2.97. The summed E-state index contributed by atoms with van der Waals surface area (Å²) < 4.78 is 37.7. The lowest BCUT2D eigenvalue weighted by molar-refractivity contribution is -0.137. The summed E-state index contributed by atoms with van der Waals surface area (Å²) in [5, 5.41) is 11.7. The number of halogens is 4. The molecule has 110 valence electrons.